The van der Waals surface area contributed by atoms with Crippen LogP contribution < -0.4 is 5.32 Å². The van der Waals surface area contributed by atoms with E-state index in [2.05, 4.69) is 36.5 Å². The molecule has 2 nitrogen and oxygen atoms in total. The number of hydrogen-bond donors (Lipinski definition) is 1. The largest absolute Gasteiger partial charge is 0.383 e. The highest BCUT2D eigenvalue weighted by molar-refractivity contribution is 5.40. The van der Waals surface area contributed by atoms with Gasteiger partial charge < -0.3 is 10.1 Å². The van der Waals surface area contributed by atoms with Crippen LogP contribution in [0.25, 0.3) is 0 Å². The van der Waals surface area contributed by atoms with Crippen LogP contribution in [0.15, 0.2) is 24.3 Å². The van der Waals surface area contributed by atoms with Gasteiger partial charge in [0.15, 0.2) is 0 Å². The molecule has 0 radical (unpaired) electrons. The van der Waals surface area contributed by atoms with Crippen molar-refractivity contribution in [3.05, 3.63) is 35.4 Å². The zero-order valence-electron chi connectivity index (χ0n) is 11.4. The number of nitrogens with one attached hydrogen (secondary N) is 1. The monoisotopic (exact) mass is 245 g/mol. The lowest BCUT2D eigenvalue weighted by Crippen LogP contribution is -2.35. The molecule has 0 aliphatic heterocycles. The Morgan fingerprint density at radius 2 is 2.22 bits per heavy atom. The van der Waals surface area contributed by atoms with Crippen molar-refractivity contribution >= 4 is 0 Å². The van der Waals surface area contributed by atoms with Gasteiger partial charge in [-0.05, 0) is 48.3 Å². The van der Waals surface area contributed by atoms with Crippen LogP contribution in [-0.4, -0.2) is 26.3 Å². The summed E-state index contributed by atoms with van der Waals surface area (Å²) in [5.41, 5.74) is 3.19. The van der Waals surface area contributed by atoms with Gasteiger partial charge in [-0.2, -0.15) is 0 Å². The number of hydrogen-bond acceptors (Lipinski definition) is 2. The molecule has 2 aliphatic rings. The van der Waals surface area contributed by atoms with Crippen LogP contribution in [0.4, 0.5) is 0 Å². The van der Waals surface area contributed by atoms with Crippen LogP contribution in [0.5, 0.6) is 0 Å². The average molecular weight is 245 g/mol. The Kier molecular flexibility index (Phi) is 3.40. The second kappa shape index (κ2) is 5.02. The normalized spacial score (nSPS) is 30.4. The second-order valence-electron chi connectivity index (χ2n) is 5.62. The van der Waals surface area contributed by atoms with Crippen molar-refractivity contribution in [2.45, 2.75) is 31.7 Å². The lowest BCUT2D eigenvalue weighted by Gasteiger charge is -2.17. The van der Waals surface area contributed by atoms with E-state index in [-0.39, 0.29) is 0 Å². The summed E-state index contributed by atoms with van der Waals surface area (Å²) >= 11 is 0. The summed E-state index contributed by atoms with van der Waals surface area (Å²) in [6.07, 6.45) is 2.62. The average Bonchev–Trinajstić information content (AvgIpc) is 3.13. The summed E-state index contributed by atoms with van der Waals surface area (Å²) in [7, 11) is 1.81. The Hall–Kier alpha value is -0.860. The molecule has 3 rings (SSSR count). The van der Waals surface area contributed by atoms with Gasteiger partial charge in [0.25, 0.3) is 0 Å². The smallest absolute Gasteiger partial charge is 0.0618 e. The van der Waals surface area contributed by atoms with E-state index in [1.165, 1.54) is 12.8 Å². The minimum atomic E-state index is 0.529. The number of methoxy groups -OCH3 is 1. The molecule has 18 heavy (non-hydrogen) atoms. The number of ether oxygens (including phenoxy) is 1. The highest BCUT2D eigenvalue weighted by Gasteiger charge is 2.55. The first-order chi connectivity index (χ1) is 8.86. The van der Waals surface area contributed by atoms with E-state index in [9.17, 15) is 0 Å². The summed E-state index contributed by atoms with van der Waals surface area (Å²) in [5.74, 6) is 2.46. The lowest BCUT2D eigenvalue weighted by molar-refractivity contribution is 0.155. The van der Waals surface area contributed by atoms with E-state index in [0.717, 1.165) is 30.9 Å². The summed E-state index contributed by atoms with van der Waals surface area (Å²) in [5, 5.41) is 3.61. The van der Waals surface area contributed by atoms with Gasteiger partial charge in [0.1, 0.15) is 0 Å². The molecule has 1 aromatic carbocycles. The molecule has 4 unspecified atom stereocenters. The van der Waals surface area contributed by atoms with Gasteiger partial charge in [-0.3, -0.25) is 0 Å². The Labute approximate surface area is 110 Å². The Balaban J connectivity index is 1.78. The predicted octanol–water partition coefficient (Wildman–Crippen LogP) is 2.59. The van der Waals surface area contributed by atoms with Crippen LogP contribution in [0.1, 0.15) is 30.4 Å². The Morgan fingerprint density at radius 3 is 3.00 bits per heavy atom. The number of rotatable bonds is 5. The van der Waals surface area contributed by atoms with Crippen molar-refractivity contribution in [3.63, 3.8) is 0 Å². The Bertz CT molecular complexity index is 411. The maximum Gasteiger partial charge on any atom is 0.0618 e. The zero-order valence-corrected chi connectivity index (χ0v) is 11.4. The van der Waals surface area contributed by atoms with Gasteiger partial charge in [-0.15, -0.1) is 0 Å². The van der Waals surface area contributed by atoms with E-state index < -0.39 is 0 Å². The molecule has 0 amide bonds. The van der Waals surface area contributed by atoms with Crippen LogP contribution in [-0.2, 0) is 11.2 Å². The van der Waals surface area contributed by atoms with Gasteiger partial charge in [-0.1, -0.05) is 31.2 Å². The van der Waals surface area contributed by atoms with Gasteiger partial charge in [-0.25, -0.2) is 0 Å². The van der Waals surface area contributed by atoms with E-state index in [0.29, 0.717) is 6.04 Å². The maximum atomic E-state index is 5.39. The molecule has 98 valence electrons. The number of benzene rings is 1. The third-order valence-electron chi connectivity index (χ3n) is 4.67. The molecule has 4 atom stereocenters. The maximum absolute atomic E-state index is 5.39. The summed E-state index contributed by atoms with van der Waals surface area (Å²) < 4.78 is 5.39. The molecule has 0 saturated heterocycles. The molecular weight excluding hydrogens is 222 g/mol. The van der Waals surface area contributed by atoms with E-state index >= 15 is 0 Å². The highest BCUT2D eigenvalue weighted by atomic mass is 16.5. The van der Waals surface area contributed by atoms with Crippen LogP contribution >= 0.6 is 0 Å². The van der Waals surface area contributed by atoms with Crippen molar-refractivity contribution in [2.75, 3.05) is 20.3 Å². The van der Waals surface area contributed by atoms with Crippen LogP contribution in [0.2, 0.25) is 0 Å². The molecule has 0 spiro atoms. The van der Waals surface area contributed by atoms with Gasteiger partial charge >= 0.3 is 0 Å². The third-order valence-corrected chi connectivity index (χ3v) is 4.67. The third kappa shape index (κ3) is 1.98. The molecule has 1 saturated carbocycles. The molecule has 0 bridgehead atoms. The van der Waals surface area contributed by atoms with E-state index in [1.54, 1.807) is 11.1 Å². The standard InChI is InChI=1S/C16H23NO/c1-3-17-14(10-18-2)16-13-9-8-11-6-4-5-7-12(11)15(13)16/h4-7,13-17H,3,8-10H2,1-2H3. The van der Waals surface area contributed by atoms with Crippen molar-refractivity contribution in [2.24, 2.45) is 11.8 Å². The van der Waals surface area contributed by atoms with Crippen molar-refractivity contribution < 1.29 is 4.74 Å². The topological polar surface area (TPSA) is 21.3 Å². The predicted molar refractivity (Wildman–Crippen MR) is 73.8 cm³/mol. The van der Waals surface area contributed by atoms with E-state index in [4.69, 9.17) is 4.74 Å². The minimum absolute atomic E-state index is 0.529. The first-order valence-corrected chi connectivity index (χ1v) is 7.17. The molecule has 1 N–H and O–H groups in total. The summed E-state index contributed by atoms with van der Waals surface area (Å²) in [4.78, 5) is 0. The van der Waals surface area contributed by atoms with Gasteiger partial charge in [0, 0.05) is 13.2 Å². The molecule has 0 heterocycles. The SMILES string of the molecule is CCNC(COC)C1C2CCc3ccccc3C21. The second-order valence-corrected chi connectivity index (χ2v) is 5.62. The minimum Gasteiger partial charge on any atom is -0.383 e. The fraction of sp³-hybridized carbons (Fsp3) is 0.625. The van der Waals surface area contributed by atoms with Crippen molar-refractivity contribution in [3.8, 4) is 0 Å². The van der Waals surface area contributed by atoms with Gasteiger partial charge in [0.2, 0.25) is 0 Å². The number of likely N-dealkylation sites (N-methyl/N-ethyl adjacent to an activating group) is 1. The van der Waals surface area contributed by atoms with Crippen LogP contribution in [0, 0.1) is 11.8 Å². The van der Waals surface area contributed by atoms with Crippen molar-refractivity contribution in [1.82, 2.24) is 5.32 Å². The van der Waals surface area contributed by atoms with Crippen molar-refractivity contribution in [1.29, 1.82) is 0 Å². The molecule has 1 fully saturated rings. The quantitative estimate of drug-likeness (QED) is 0.861. The van der Waals surface area contributed by atoms with E-state index in [1.807, 2.05) is 7.11 Å². The molecule has 2 heteroatoms. The number of aryl methyl sites for hydroxylation is 1. The summed E-state index contributed by atoms with van der Waals surface area (Å²) in [6, 6.07) is 9.53. The molecular formula is C16H23NO. The Morgan fingerprint density at radius 1 is 1.39 bits per heavy atom. The fourth-order valence-electron chi connectivity index (χ4n) is 3.92. The highest BCUT2D eigenvalue weighted by Crippen LogP contribution is 2.61. The molecule has 1 aromatic rings. The number of fused-ring (bicyclic) bond motifs is 3. The van der Waals surface area contributed by atoms with Gasteiger partial charge in [0.05, 0.1) is 6.61 Å². The first kappa shape index (κ1) is 12.2. The summed E-state index contributed by atoms with van der Waals surface area (Å²) in [6.45, 7) is 4.06. The van der Waals surface area contributed by atoms with Crippen LogP contribution in [0.3, 0.4) is 0 Å². The molecule has 0 aromatic heterocycles. The molecule has 2 aliphatic carbocycles. The lowest BCUT2D eigenvalue weighted by atomic mass is 9.92. The zero-order chi connectivity index (χ0) is 12.5. The first-order valence-electron chi connectivity index (χ1n) is 7.17. The fourth-order valence-corrected chi connectivity index (χ4v) is 3.92.